The fourth-order valence-corrected chi connectivity index (χ4v) is 2.41. The summed E-state index contributed by atoms with van der Waals surface area (Å²) >= 11 is 0. The molecule has 2 rings (SSSR count). The van der Waals surface area contributed by atoms with E-state index in [1.165, 1.54) is 5.57 Å². The van der Waals surface area contributed by atoms with Gasteiger partial charge in [-0.05, 0) is 24.7 Å². The molecule has 2 aliphatic carbocycles. The van der Waals surface area contributed by atoms with E-state index in [0.717, 1.165) is 24.8 Å². The van der Waals surface area contributed by atoms with Gasteiger partial charge in [-0.25, -0.2) is 0 Å². The van der Waals surface area contributed by atoms with Gasteiger partial charge in [0, 0.05) is 11.5 Å². The highest BCUT2D eigenvalue weighted by Crippen LogP contribution is 2.42. The van der Waals surface area contributed by atoms with Gasteiger partial charge in [-0.2, -0.15) is 0 Å². The predicted octanol–water partition coefficient (Wildman–Crippen LogP) is 3.27. The third kappa shape index (κ3) is 1.45. The first kappa shape index (κ1) is 9.70. The van der Waals surface area contributed by atoms with E-state index in [-0.39, 0.29) is 11.3 Å². The van der Waals surface area contributed by atoms with Crippen LogP contribution in [0, 0.1) is 11.3 Å². The van der Waals surface area contributed by atoms with Crippen molar-refractivity contribution in [2.45, 2.75) is 40.0 Å². The van der Waals surface area contributed by atoms with E-state index in [0.29, 0.717) is 5.78 Å². The first-order chi connectivity index (χ1) is 6.50. The van der Waals surface area contributed by atoms with Crippen LogP contribution in [-0.2, 0) is 4.79 Å². The van der Waals surface area contributed by atoms with Gasteiger partial charge in [0.1, 0.15) is 0 Å². The summed E-state index contributed by atoms with van der Waals surface area (Å²) < 4.78 is 0. The highest BCUT2D eigenvalue weighted by molar-refractivity contribution is 6.03. The molecule has 1 heteroatoms. The zero-order valence-corrected chi connectivity index (χ0v) is 9.26. The van der Waals surface area contributed by atoms with Gasteiger partial charge in [-0.1, -0.05) is 38.5 Å². The lowest BCUT2D eigenvalue weighted by atomic mass is 9.78. The molecule has 0 spiro atoms. The highest BCUT2D eigenvalue weighted by atomic mass is 16.1. The van der Waals surface area contributed by atoms with Gasteiger partial charge in [0.05, 0.1) is 0 Å². The minimum Gasteiger partial charge on any atom is -0.294 e. The molecular weight excluding hydrogens is 172 g/mol. The Hall–Kier alpha value is -0.850. The van der Waals surface area contributed by atoms with Crippen LogP contribution in [-0.4, -0.2) is 5.78 Å². The number of carbonyl (C=O) groups is 1. The topological polar surface area (TPSA) is 17.1 Å². The van der Waals surface area contributed by atoms with Gasteiger partial charge < -0.3 is 0 Å². The second-order valence-corrected chi connectivity index (χ2v) is 5.45. The van der Waals surface area contributed by atoms with Crippen molar-refractivity contribution in [2.75, 3.05) is 0 Å². The largest absolute Gasteiger partial charge is 0.294 e. The normalized spacial score (nSPS) is 27.1. The van der Waals surface area contributed by atoms with Crippen molar-refractivity contribution in [3.63, 3.8) is 0 Å². The molecular formula is C13H18O. The summed E-state index contributed by atoms with van der Waals surface area (Å²) in [6, 6.07) is 0. The number of Topliss-reactive ketones (excluding diaryl/α,β-unsaturated/α-hetero) is 1. The number of rotatable bonds is 0. The molecule has 0 amide bonds. The van der Waals surface area contributed by atoms with Gasteiger partial charge in [0.25, 0.3) is 0 Å². The quantitative estimate of drug-likeness (QED) is 0.573. The van der Waals surface area contributed by atoms with Crippen molar-refractivity contribution in [3.05, 3.63) is 23.3 Å². The van der Waals surface area contributed by atoms with E-state index in [1.54, 1.807) is 0 Å². The summed E-state index contributed by atoms with van der Waals surface area (Å²) in [7, 11) is 0. The van der Waals surface area contributed by atoms with Gasteiger partial charge in [-0.3, -0.25) is 4.79 Å². The average molecular weight is 190 g/mol. The van der Waals surface area contributed by atoms with E-state index in [2.05, 4.69) is 26.8 Å². The number of carbonyl (C=O) groups excluding carboxylic acids is 1. The van der Waals surface area contributed by atoms with Crippen molar-refractivity contribution in [2.24, 2.45) is 11.3 Å². The minimum atomic E-state index is 0.113. The lowest BCUT2D eigenvalue weighted by Gasteiger charge is -2.25. The monoisotopic (exact) mass is 190 g/mol. The molecule has 0 heterocycles. The Morgan fingerprint density at radius 3 is 2.64 bits per heavy atom. The molecule has 0 fully saturated rings. The van der Waals surface area contributed by atoms with Crippen molar-refractivity contribution in [1.82, 2.24) is 0 Å². The van der Waals surface area contributed by atoms with Crippen molar-refractivity contribution in [1.29, 1.82) is 0 Å². The predicted molar refractivity (Wildman–Crippen MR) is 58.0 cm³/mol. The molecule has 76 valence electrons. The van der Waals surface area contributed by atoms with Crippen molar-refractivity contribution in [3.8, 4) is 0 Å². The summed E-state index contributed by atoms with van der Waals surface area (Å²) in [5.74, 6) is 0.596. The molecule has 1 unspecified atom stereocenters. The Bertz CT molecular complexity index is 326. The zero-order chi connectivity index (χ0) is 10.3. The fraction of sp³-hybridized carbons (Fsp3) is 0.615. The maximum absolute atomic E-state index is 12.1. The van der Waals surface area contributed by atoms with Crippen LogP contribution in [0.1, 0.15) is 40.0 Å². The molecule has 0 saturated heterocycles. The first-order valence-electron chi connectivity index (χ1n) is 5.43. The third-order valence-corrected chi connectivity index (χ3v) is 3.36. The Labute approximate surface area is 85.9 Å². The molecule has 0 aromatic heterocycles. The standard InChI is InChI=1S/C13H18O/c1-13(2,3)11-8-9-6-4-5-7-10(9)12(11)14/h5,7,11H,4,6,8H2,1-3H3. The van der Waals surface area contributed by atoms with E-state index >= 15 is 0 Å². The molecule has 0 saturated carbocycles. The SMILES string of the molecule is CC(C)(C)C1CC2=C(C=CCC2)C1=O. The van der Waals surface area contributed by atoms with Crippen LogP contribution in [0.4, 0.5) is 0 Å². The summed E-state index contributed by atoms with van der Waals surface area (Å²) in [4.78, 5) is 12.1. The van der Waals surface area contributed by atoms with Gasteiger partial charge in [0.2, 0.25) is 0 Å². The van der Waals surface area contributed by atoms with Gasteiger partial charge >= 0.3 is 0 Å². The summed E-state index contributed by atoms with van der Waals surface area (Å²) in [6.45, 7) is 6.49. The fourth-order valence-electron chi connectivity index (χ4n) is 2.41. The van der Waals surface area contributed by atoms with E-state index in [1.807, 2.05) is 6.08 Å². The Balaban J connectivity index is 2.27. The van der Waals surface area contributed by atoms with E-state index in [9.17, 15) is 4.79 Å². The molecule has 0 aliphatic heterocycles. The molecule has 0 radical (unpaired) electrons. The van der Waals surface area contributed by atoms with Gasteiger partial charge in [-0.15, -0.1) is 0 Å². The molecule has 1 nitrogen and oxygen atoms in total. The van der Waals surface area contributed by atoms with E-state index in [4.69, 9.17) is 0 Å². The summed E-state index contributed by atoms with van der Waals surface area (Å²) in [5, 5.41) is 0. The smallest absolute Gasteiger partial charge is 0.166 e. The lowest BCUT2D eigenvalue weighted by molar-refractivity contribution is -0.120. The van der Waals surface area contributed by atoms with Crippen LogP contribution in [0.3, 0.4) is 0 Å². The number of hydrogen-bond donors (Lipinski definition) is 0. The maximum Gasteiger partial charge on any atom is 0.166 e. The van der Waals surface area contributed by atoms with Crippen molar-refractivity contribution >= 4 is 5.78 Å². The third-order valence-electron chi connectivity index (χ3n) is 3.36. The van der Waals surface area contributed by atoms with E-state index < -0.39 is 0 Å². The molecule has 14 heavy (non-hydrogen) atoms. The summed E-state index contributed by atoms with van der Waals surface area (Å²) in [5.41, 5.74) is 2.54. The van der Waals surface area contributed by atoms with Crippen LogP contribution in [0.2, 0.25) is 0 Å². The molecule has 0 N–H and O–H groups in total. The average Bonchev–Trinajstić information content (AvgIpc) is 2.44. The number of allylic oxidation sites excluding steroid dienone is 4. The number of ketones is 1. The van der Waals surface area contributed by atoms with Crippen LogP contribution >= 0.6 is 0 Å². The first-order valence-corrected chi connectivity index (χ1v) is 5.43. The highest BCUT2D eigenvalue weighted by Gasteiger charge is 2.39. The lowest BCUT2D eigenvalue weighted by Crippen LogP contribution is -2.25. The molecule has 0 aromatic rings. The number of hydrogen-bond acceptors (Lipinski definition) is 1. The molecule has 1 atom stereocenters. The minimum absolute atomic E-state index is 0.113. The molecule has 0 aromatic carbocycles. The molecule has 0 bridgehead atoms. The zero-order valence-electron chi connectivity index (χ0n) is 9.26. The van der Waals surface area contributed by atoms with Crippen LogP contribution in [0.5, 0.6) is 0 Å². The van der Waals surface area contributed by atoms with Crippen LogP contribution in [0.25, 0.3) is 0 Å². The van der Waals surface area contributed by atoms with Crippen LogP contribution in [0.15, 0.2) is 23.3 Å². The second kappa shape index (κ2) is 3.08. The Morgan fingerprint density at radius 2 is 2.07 bits per heavy atom. The second-order valence-electron chi connectivity index (χ2n) is 5.45. The summed E-state index contributed by atoms with van der Waals surface area (Å²) in [6.07, 6.45) is 7.38. The Morgan fingerprint density at radius 1 is 1.36 bits per heavy atom. The van der Waals surface area contributed by atoms with Crippen LogP contribution < -0.4 is 0 Å². The molecule has 2 aliphatic rings. The Kier molecular flexibility index (Phi) is 2.13. The van der Waals surface area contributed by atoms with Crippen molar-refractivity contribution < 1.29 is 4.79 Å². The van der Waals surface area contributed by atoms with Gasteiger partial charge in [0.15, 0.2) is 5.78 Å². The maximum atomic E-state index is 12.1.